The first-order chi connectivity index (χ1) is 16.8. The Morgan fingerprint density at radius 3 is 2.77 bits per heavy atom. The number of carbonyl (C=O) groups is 1. The van der Waals surface area contributed by atoms with Crippen LogP contribution in [-0.4, -0.2) is 56.0 Å². The molecule has 0 N–H and O–H groups in total. The molecule has 5 rings (SSSR count). The van der Waals surface area contributed by atoms with Gasteiger partial charge < -0.3 is 4.74 Å². The van der Waals surface area contributed by atoms with Gasteiger partial charge in [-0.25, -0.2) is 13.4 Å². The zero-order valence-corrected chi connectivity index (χ0v) is 21.9. The predicted molar refractivity (Wildman–Crippen MR) is 139 cm³/mol. The van der Waals surface area contributed by atoms with E-state index in [4.69, 9.17) is 21.3 Å². The highest BCUT2D eigenvalue weighted by molar-refractivity contribution is 7.89. The van der Waals surface area contributed by atoms with Crippen LogP contribution in [0.4, 0.5) is 5.13 Å². The molecule has 186 valence electrons. The Kier molecular flexibility index (Phi) is 7.14. The second-order valence-electron chi connectivity index (χ2n) is 9.16. The minimum atomic E-state index is -3.66. The number of ether oxygens (including phenoxy) is 1. The van der Waals surface area contributed by atoms with Crippen LogP contribution in [0.5, 0.6) is 0 Å². The fourth-order valence-electron chi connectivity index (χ4n) is 4.84. The summed E-state index contributed by atoms with van der Waals surface area (Å²) in [6.45, 7) is 3.62. The number of rotatable bonds is 6. The van der Waals surface area contributed by atoms with Gasteiger partial charge in [-0.05, 0) is 62.4 Å². The van der Waals surface area contributed by atoms with Crippen LogP contribution in [0.1, 0.15) is 31.2 Å². The van der Waals surface area contributed by atoms with Crippen molar-refractivity contribution in [2.24, 2.45) is 5.92 Å². The van der Waals surface area contributed by atoms with E-state index in [-0.39, 0.29) is 23.5 Å². The van der Waals surface area contributed by atoms with Crippen LogP contribution in [-0.2, 0) is 19.6 Å². The Balaban J connectivity index is 1.44. The van der Waals surface area contributed by atoms with Gasteiger partial charge in [0.25, 0.3) is 0 Å². The summed E-state index contributed by atoms with van der Waals surface area (Å²) in [4.78, 5) is 20.7. The van der Waals surface area contributed by atoms with E-state index in [2.05, 4.69) is 0 Å². The summed E-state index contributed by atoms with van der Waals surface area (Å²) in [5.74, 6) is -0.545. The van der Waals surface area contributed by atoms with Gasteiger partial charge in [-0.2, -0.15) is 4.31 Å². The molecule has 1 aromatic heterocycles. The summed E-state index contributed by atoms with van der Waals surface area (Å²) in [5.41, 5.74) is 1.79. The molecule has 10 heteroatoms. The summed E-state index contributed by atoms with van der Waals surface area (Å²) >= 11 is 7.69. The van der Waals surface area contributed by atoms with E-state index < -0.39 is 15.9 Å². The van der Waals surface area contributed by atoms with E-state index in [1.54, 1.807) is 35.2 Å². The number of thiazole rings is 1. The van der Waals surface area contributed by atoms with Crippen molar-refractivity contribution in [3.8, 4) is 0 Å². The zero-order valence-electron chi connectivity index (χ0n) is 19.5. The number of carbonyl (C=O) groups excluding carboxylic acids is 1. The number of piperidine rings is 1. The number of hydrogen-bond donors (Lipinski definition) is 0. The lowest BCUT2D eigenvalue weighted by Crippen LogP contribution is -2.48. The fourth-order valence-corrected chi connectivity index (χ4v) is 7.82. The van der Waals surface area contributed by atoms with E-state index in [0.717, 1.165) is 28.6 Å². The lowest BCUT2D eigenvalue weighted by Gasteiger charge is -2.34. The van der Waals surface area contributed by atoms with Gasteiger partial charge in [-0.15, -0.1) is 0 Å². The number of aromatic nitrogens is 1. The minimum absolute atomic E-state index is 0.0524. The van der Waals surface area contributed by atoms with Gasteiger partial charge in [-0.1, -0.05) is 41.1 Å². The molecule has 0 spiro atoms. The molecule has 0 bridgehead atoms. The molecule has 2 fully saturated rings. The standard InChI is InChI=1S/C25H28ClN3O4S2/c1-17-13-19(26)14-22-23(17)27-25(34-22)29(16-20-8-6-12-33-20)24(30)18-7-5-11-28(15-18)35(31,32)21-9-3-2-4-10-21/h2-4,9-10,13-14,18,20H,5-8,11-12,15-16H2,1H3. The number of sulfonamides is 1. The van der Waals surface area contributed by atoms with Crippen molar-refractivity contribution in [2.45, 2.75) is 43.6 Å². The Morgan fingerprint density at radius 1 is 1.23 bits per heavy atom. The molecule has 0 radical (unpaired) electrons. The summed E-state index contributed by atoms with van der Waals surface area (Å²) in [6.07, 6.45) is 3.07. The topological polar surface area (TPSA) is 79.8 Å². The Hall–Kier alpha value is -2.04. The molecule has 1 amide bonds. The van der Waals surface area contributed by atoms with Gasteiger partial charge in [0.1, 0.15) is 0 Å². The maximum atomic E-state index is 13.9. The smallest absolute Gasteiger partial charge is 0.243 e. The average molecular weight is 534 g/mol. The molecule has 7 nitrogen and oxygen atoms in total. The number of halogens is 1. The number of anilines is 1. The maximum absolute atomic E-state index is 13.9. The first-order valence-corrected chi connectivity index (χ1v) is 14.5. The largest absolute Gasteiger partial charge is 0.376 e. The van der Waals surface area contributed by atoms with Crippen LogP contribution in [0.2, 0.25) is 5.02 Å². The second-order valence-corrected chi connectivity index (χ2v) is 12.5. The third-order valence-corrected chi connectivity index (χ3v) is 9.78. The summed E-state index contributed by atoms with van der Waals surface area (Å²) in [6, 6.07) is 12.1. The third-order valence-electron chi connectivity index (χ3n) is 6.66. The lowest BCUT2D eigenvalue weighted by molar-refractivity contribution is -0.123. The van der Waals surface area contributed by atoms with E-state index in [1.807, 2.05) is 19.1 Å². The van der Waals surface area contributed by atoms with Crippen molar-refractivity contribution in [3.63, 3.8) is 0 Å². The highest BCUT2D eigenvalue weighted by atomic mass is 35.5. The van der Waals surface area contributed by atoms with Crippen molar-refractivity contribution in [3.05, 3.63) is 53.1 Å². The van der Waals surface area contributed by atoms with Crippen molar-refractivity contribution in [1.29, 1.82) is 0 Å². The number of amides is 1. The quantitative estimate of drug-likeness (QED) is 0.451. The van der Waals surface area contributed by atoms with Gasteiger partial charge in [0, 0.05) is 24.7 Å². The van der Waals surface area contributed by atoms with E-state index >= 15 is 0 Å². The number of aryl methyl sites for hydroxylation is 1. The molecule has 2 aliphatic rings. The van der Waals surface area contributed by atoms with Crippen molar-refractivity contribution in [2.75, 3.05) is 31.1 Å². The first kappa shape index (κ1) is 24.6. The monoisotopic (exact) mass is 533 g/mol. The molecule has 2 atom stereocenters. The zero-order chi connectivity index (χ0) is 24.6. The molecule has 2 saturated heterocycles. The number of nitrogens with zero attached hydrogens (tertiary/aromatic N) is 3. The Morgan fingerprint density at radius 2 is 2.03 bits per heavy atom. The molecule has 35 heavy (non-hydrogen) atoms. The fraction of sp³-hybridized carbons (Fsp3) is 0.440. The third kappa shape index (κ3) is 5.11. The average Bonchev–Trinajstić information content (AvgIpc) is 3.53. The van der Waals surface area contributed by atoms with Crippen molar-refractivity contribution >= 4 is 54.2 Å². The van der Waals surface area contributed by atoms with Crippen LogP contribution < -0.4 is 4.90 Å². The van der Waals surface area contributed by atoms with Crippen LogP contribution in [0, 0.1) is 12.8 Å². The highest BCUT2D eigenvalue weighted by Gasteiger charge is 2.37. The van der Waals surface area contributed by atoms with Crippen molar-refractivity contribution in [1.82, 2.24) is 9.29 Å². The molecular formula is C25H28ClN3O4S2. The SMILES string of the molecule is Cc1cc(Cl)cc2sc(N(CC3CCCO3)C(=O)C3CCCN(S(=O)(=O)c4ccccc4)C3)nc12. The molecule has 2 aliphatic heterocycles. The predicted octanol–water partition coefficient (Wildman–Crippen LogP) is 4.87. The highest BCUT2D eigenvalue weighted by Crippen LogP contribution is 2.35. The molecule has 2 aromatic carbocycles. The van der Waals surface area contributed by atoms with Gasteiger partial charge in [0.05, 0.1) is 33.7 Å². The molecular weight excluding hydrogens is 506 g/mol. The van der Waals surface area contributed by atoms with Gasteiger partial charge in [-0.3, -0.25) is 9.69 Å². The van der Waals surface area contributed by atoms with Gasteiger partial charge in [0.15, 0.2) is 5.13 Å². The molecule has 3 aromatic rings. The normalized spacial score (nSPS) is 21.4. The second kappa shape index (κ2) is 10.1. The van der Waals surface area contributed by atoms with Crippen LogP contribution in [0.15, 0.2) is 47.4 Å². The Bertz CT molecular complexity index is 1320. The molecule has 3 heterocycles. The van der Waals surface area contributed by atoms with Gasteiger partial charge >= 0.3 is 0 Å². The maximum Gasteiger partial charge on any atom is 0.243 e. The minimum Gasteiger partial charge on any atom is -0.376 e. The Labute approximate surface area is 214 Å². The van der Waals surface area contributed by atoms with Crippen LogP contribution in [0.3, 0.4) is 0 Å². The van der Waals surface area contributed by atoms with E-state index in [0.29, 0.717) is 42.7 Å². The van der Waals surface area contributed by atoms with Crippen LogP contribution >= 0.6 is 22.9 Å². The number of hydrogen-bond acceptors (Lipinski definition) is 6. The molecule has 0 aliphatic carbocycles. The molecule has 0 saturated carbocycles. The summed E-state index contributed by atoms with van der Waals surface area (Å²) in [5, 5.41) is 1.24. The summed E-state index contributed by atoms with van der Waals surface area (Å²) < 4.78 is 34.7. The first-order valence-electron chi connectivity index (χ1n) is 11.9. The lowest BCUT2D eigenvalue weighted by atomic mass is 9.98. The summed E-state index contributed by atoms with van der Waals surface area (Å²) in [7, 11) is -3.66. The van der Waals surface area contributed by atoms with Crippen molar-refractivity contribution < 1.29 is 17.9 Å². The number of fused-ring (bicyclic) bond motifs is 1. The number of benzene rings is 2. The van der Waals surface area contributed by atoms with E-state index in [9.17, 15) is 13.2 Å². The van der Waals surface area contributed by atoms with Crippen LogP contribution in [0.25, 0.3) is 10.2 Å². The van der Waals surface area contributed by atoms with E-state index in [1.165, 1.54) is 15.6 Å². The van der Waals surface area contributed by atoms with Gasteiger partial charge in [0.2, 0.25) is 15.9 Å². The molecule has 2 unspecified atom stereocenters.